The Labute approximate surface area is 139 Å². The lowest BCUT2D eigenvalue weighted by Gasteiger charge is -2.11. The Kier molecular flexibility index (Phi) is 4.68. The van der Waals surface area contributed by atoms with Crippen molar-refractivity contribution >= 4 is 29.1 Å². The minimum Gasteiger partial charge on any atom is -0.354 e. The molecule has 0 spiro atoms. The molecule has 0 saturated heterocycles. The van der Waals surface area contributed by atoms with Gasteiger partial charge < -0.3 is 10.6 Å². The number of halogens is 1. The van der Waals surface area contributed by atoms with E-state index < -0.39 is 0 Å². The number of benzene rings is 1. The van der Waals surface area contributed by atoms with E-state index in [1.807, 2.05) is 49.4 Å². The van der Waals surface area contributed by atoms with Crippen LogP contribution in [-0.2, 0) is 0 Å². The number of nitrogens with one attached hydrogen (secondary N) is 2. The van der Waals surface area contributed by atoms with Crippen LogP contribution in [0.1, 0.15) is 6.92 Å². The van der Waals surface area contributed by atoms with Gasteiger partial charge in [-0.15, -0.1) is 0 Å². The number of pyridine rings is 1. The highest BCUT2D eigenvalue weighted by atomic mass is 35.5. The average Bonchev–Trinajstić information content (AvgIpc) is 2.58. The first-order valence-electron chi connectivity index (χ1n) is 7.31. The summed E-state index contributed by atoms with van der Waals surface area (Å²) in [7, 11) is 0. The van der Waals surface area contributed by atoms with Crippen LogP contribution >= 0.6 is 11.6 Å². The molecule has 0 aliphatic heterocycles. The summed E-state index contributed by atoms with van der Waals surface area (Å²) in [5.41, 5.74) is 2.52. The predicted molar refractivity (Wildman–Crippen MR) is 94.2 cm³/mol. The summed E-state index contributed by atoms with van der Waals surface area (Å²) < 4.78 is 0. The molecule has 6 heteroatoms. The van der Waals surface area contributed by atoms with Crippen molar-refractivity contribution in [1.29, 1.82) is 0 Å². The first kappa shape index (κ1) is 15.2. The first-order chi connectivity index (χ1) is 11.3. The summed E-state index contributed by atoms with van der Waals surface area (Å²) in [5.74, 6) is 1.23. The second-order valence-corrected chi connectivity index (χ2v) is 5.25. The van der Waals surface area contributed by atoms with Gasteiger partial charge in [-0.05, 0) is 31.2 Å². The second-order valence-electron chi connectivity index (χ2n) is 4.84. The van der Waals surface area contributed by atoms with Gasteiger partial charge in [0.2, 0.25) is 5.95 Å². The maximum atomic E-state index is 6.20. The Balaban J connectivity index is 1.99. The fourth-order valence-corrected chi connectivity index (χ4v) is 2.29. The van der Waals surface area contributed by atoms with Crippen LogP contribution in [0.5, 0.6) is 0 Å². The Bertz CT molecular complexity index is 792. The van der Waals surface area contributed by atoms with Gasteiger partial charge >= 0.3 is 0 Å². The van der Waals surface area contributed by atoms with E-state index in [0.29, 0.717) is 16.8 Å². The fraction of sp³-hybridized carbons (Fsp3) is 0.118. The van der Waals surface area contributed by atoms with E-state index in [0.717, 1.165) is 23.5 Å². The predicted octanol–water partition coefficient (Wildman–Crippen LogP) is 4.37. The summed E-state index contributed by atoms with van der Waals surface area (Å²) >= 11 is 6.20. The minimum absolute atomic E-state index is 0.559. The lowest BCUT2D eigenvalue weighted by Crippen LogP contribution is -2.05. The number of hydrogen-bond acceptors (Lipinski definition) is 5. The summed E-state index contributed by atoms with van der Waals surface area (Å²) in [5, 5.41) is 7.02. The van der Waals surface area contributed by atoms with Crippen LogP contribution in [0.25, 0.3) is 11.3 Å². The molecule has 2 N–H and O–H groups in total. The smallest absolute Gasteiger partial charge is 0.225 e. The molecule has 0 aliphatic carbocycles. The molecule has 3 aromatic rings. The number of anilines is 3. The molecular formula is C17H16ClN5. The fourth-order valence-electron chi connectivity index (χ4n) is 2.11. The van der Waals surface area contributed by atoms with Crippen molar-refractivity contribution in [3.05, 3.63) is 59.9 Å². The van der Waals surface area contributed by atoms with Crippen molar-refractivity contribution in [3.8, 4) is 11.3 Å². The molecule has 0 saturated carbocycles. The van der Waals surface area contributed by atoms with Crippen LogP contribution < -0.4 is 10.6 Å². The van der Waals surface area contributed by atoms with Gasteiger partial charge in [-0.1, -0.05) is 23.7 Å². The van der Waals surface area contributed by atoms with Gasteiger partial charge in [0.05, 0.1) is 16.4 Å². The molecule has 0 bridgehead atoms. The summed E-state index contributed by atoms with van der Waals surface area (Å²) in [4.78, 5) is 13.1. The van der Waals surface area contributed by atoms with E-state index >= 15 is 0 Å². The van der Waals surface area contributed by atoms with Gasteiger partial charge in [-0.3, -0.25) is 4.98 Å². The molecule has 0 unspecified atom stereocenters. The van der Waals surface area contributed by atoms with Crippen LogP contribution in [0, 0.1) is 0 Å². The largest absolute Gasteiger partial charge is 0.354 e. The number of hydrogen-bond donors (Lipinski definition) is 2. The zero-order valence-electron chi connectivity index (χ0n) is 12.6. The van der Waals surface area contributed by atoms with E-state index in [1.165, 1.54) is 0 Å². The minimum atomic E-state index is 0.559. The van der Waals surface area contributed by atoms with Crippen LogP contribution in [0.4, 0.5) is 17.5 Å². The Hall–Kier alpha value is -2.66. The summed E-state index contributed by atoms with van der Waals surface area (Å²) in [6, 6.07) is 13.3. The molecule has 116 valence electrons. The van der Waals surface area contributed by atoms with Gasteiger partial charge in [-0.25, -0.2) is 4.98 Å². The van der Waals surface area contributed by atoms with Gasteiger partial charge in [0.1, 0.15) is 5.82 Å². The van der Waals surface area contributed by atoms with Crippen molar-refractivity contribution in [3.63, 3.8) is 0 Å². The topological polar surface area (TPSA) is 62.7 Å². The Morgan fingerprint density at radius 2 is 1.96 bits per heavy atom. The van der Waals surface area contributed by atoms with E-state index in [-0.39, 0.29) is 0 Å². The normalized spacial score (nSPS) is 10.3. The lowest BCUT2D eigenvalue weighted by molar-refractivity contribution is 1.09. The summed E-state index contributed by atoms with van der Waals surface area (Å²) in [6.07, 6.45) is 3.51. The van der Waals surface area contributed by atoms with Gasteiger partial charge in [0.25, 0.3) is 0 Å². The average molecular weight is 326 g/mol. The first-order valence-corrected chi connectivity index (χ1v) is 7.69. The third-order valence-electron chi connectivity index (χ3n) is 3.15. The van der Waals surface area contributed by atoms with E-state index in [4.69, 9.17) is 11.6 Å². The molecular weight excluding hydrogens is 310 g/mol. The molecule has 0 atom stereocenters. The molecule has 3 rings (SSSR count). The highest BCUT2D eigenvalue weighted by Gasteiger charge is 2.08. The monoisotopic (exact) mass is 325 g/mol. The molecule has 2 heterocycles. The quantitative estimate of drug-likeness (QED) is 0.729. The third kappa shape index (κ3) is 3.76. The lowest BCUT2D eigenvalue weighted by atomic mass is 10.2. The van der Waals surface area contributed by atoms with E-state index in [2.05, 4.69) is 25.6 Å². The number of para-hydroxylation sites is 1. The molecule has 2 aromatic heterocycles. The zero-order chi connectivity index (χ0) is 16.1. The molecule has 0 fully saturated rings. The van der Waals surface area contributed by atoms with Crippen LogP contribution in [0.2, 0.25) is 5.02 Å². The Morgan fingerprint density at radius 1 is 1.09 bits per heavy atom. The molecule has 5 nitrogen and oxygen atoms in total. The van der Waals surface area contributed by atoms with Crippen molar-refractivity contribution in [2.75, 3.05) is 17.2 Å². The van der Waals surface area contributed by atoms with Crippen molar-refractivity contribution in [1.82, 2.24) is 15.0 Å². The maximum absolute atomic E-state index is 6.20. The SMILES string of the molecule is CCNc1nc(Nc2ccccc2Cl)cc(-c2cccnc2)n1. The molecule has 0 amide bonds. The molecule has 0 radical (unpaired) electrons. The van der Waals surface area contributed by atoms with Crippen LogP contribution in [0.3, 0.4) is 0 Å². The van der Waals surface area contributed by atoms with E-state index in [1.54, 1.807) is 12.4 Å². The molecule has 0 aliphatic rings. The van der Waals surface area contributed by atoms with Gasteiger partial charge in [0, 0.05) is 30.6 Å². The number of nitrogens with zero attached hydrogens (tertiary/aromatic N) is 3. The van der Waals surface area contributed by atoms with E-state index in [9.17, 15) is 0 Å². The number of rotatable bonds is 5. The van der Waals surface area contributed by atoms with Crippen LogP contribution in [0.15, 0.2) is 54.9 Å². The van der Waals surface area contributed by atoms with Crippen molar-refractivity contribution in [2.45, 2.75) is 6.92 Å². The standard InChI is InChI=1S/C17H16ClN5/c1-2-20-17-22-15(12-6-5-9-19-11-12)10-16(23-17)21-14-8-4-3-7-13(14)18/h3-11H,2H2,1H3,(H2,20,21,22,23). The molecule has 23 heavy (non-hydrogen) atoms. The van der Waals surface area contributed by atoms with Gasteiger partial charge in [0.15, 0.2) is 0 Å². The van der Waals surface area contributed by atoms with Crippen molar-refractivity contribution in [2.24, 2.45) is 0 Å². The zero-order valence-corrected chi connectivity index (χ0v) is 13.4. The highest BCUT2D eigenvalue weighted by Crippen LogP contribution is 2.26. The van der Waals surface area contributed by atoms with Crippen molar-refractivity contribution < 1.29 is 0 Å². The number of aromatic nitrogens is 3. The third-order valence-corrected chi connectivity index (χ3v) is 3.48. The molecule has 1 aromatic carbocycles. The highest BCUT2D eigenvalue weighted by molar-refractivity contribution is 6.33. The second kappa shape index (κ2) is 7.07. The Morgan fingerprint density at radius 3 is 2.70 bits per heavy atom. The van der Waals surface area contributed by atoms with Crippen LogP contribution in [-0.4, -0.2) is 21.5 Å². The maximum Gasteiger partial charge on any atom is 0.225 e. The summed E-state index contributed by atoms with van der Waals surface area (Å²) in [6.45, 7) is 2.74. The van der Waals surface area contributed by atoms with Gasteiger partial charge in [-0.2, -0.15) is 4.98 Å².